The summed E-state index contributed by atoms with van der Waals surface area (Å²) < 4.78 is 28.2. The number of nitrogens with zero attached hydrogens (tertiary/aromatic N) is 2. The Kier molecular flexibility index (Phi) is 7.34. The molecule has 0 spiro atoms. The molecule has 3 aromatic rings. The number of aromatic carboxylic acids is 1. The third-order valence-electron chi connectivity index (χ3n) is 6.03. The van der Waals surface area contributed by atoms with Gasteiger partial charge in [0.05, 0.1) is 22.7 Å². The van der Waals surface area contributed by atoms with Crippen LogP contribution in [-0.4, -0.2) is 71.9 Å². The third kappa shape index (κ3) is 5.23. The molecule has 4 rings (SSSR count). The molecule has 188 valence electrons. The van der Waals surface area contributed by atoms with Crippen LogP contribution in [-0.2, 0) is 19.6 Å². The first-order valence-corrected chi connectivity index (χ1v) is 13.1. The van der Waals surface area contributed by atoms with E-state index in [4.69, 9.17) is 0 Å². The topological polar surface area (TPSA) is 124 Å². The van der Waals surface area contributed by atoms with Crippen LogP contribution in [0.1, 0.15) is 16.8 Å². The van der Waals surface area contributed by atoms with E-state index in [2.05, 4.69) is 17.9 Å². The van der Waals surface area contributed by atoms with Crippen molar-refractivity contribution in [3.05, 3.63) is 72.3 Å². The number of carboxylic acids is 1. The summed E-state index contributed by atoms with van der Waals surface area (Å²) in [6.07, 6.45) is 0.197. The SMILES string of the molecule is CN(CC(=O)Nc1ccccc1C(=O)O)C(=O)[C@@H]1C[C@@H](S)CN1S(=O)(=O)c1ccc2ccccc2c1. The van der Waals surface area contributed by atoms with Crippen LogP contribution in [0.25, 0.3) is 10.8 Å². The van der Waals surface area contributed by atoms with E-state index in [9.17, 15) is 27.9 Å². The molecule has 0 bridgehead atoms. The summed E-state index contributed by atoms with van der Waals surface area (Å²) in [5, 5.41) is 13.1. The molecule has 0 saturated carbocycles. The minimum atomic E-state index is -4.01. The first-order chi connectivity index (χ1) is 17.1. The maximum Gasteiger partial charge on any atom is 0.337 e. The van der Waals surface area contributed by atoms with Gasteiger partial charge >= 0.3 is 5.97 Å². The molecule has 0 aliphatic carbocycles. The van der Waals surface area contributed by atoms with Crippen molar-refractivity contribution in [2.24, 2.45) is 0 Å². The average Bonchev–Trinajstić information content (AvgIpc) is 3.25. The van der Waals surface area contributed by atoms with Crippen molar-refractivity contribution in [2.75, 3.05) is 25.5 Å². The van der Waals surface area contributed by atoms with Gasteiger partial charge in [-0.25, -0.2) is 13.2 Å². The monoisotopic (exact) mass is 527 g/mol. The van der Waals surface area contributed by atoms with Crippen molar-refractivity contribution in [3.8, 4) is 0 Å². The predicted octanol–water partition coefficient (Wildman–Crippen LogP) is 2.70. The van der Waals surface area contributed by atoms with E-state index in [0.29, 0.717) is 0 Å². The normalized spacial score (nSPS) is 18.2. The lowest BCUT2D eigenvalue weighted by Gasteiger charge is -2.27. The van der Waals surface area contributed by atoms with Gasteiger partial charge in [-0.1, -0.05) is 42.5 Å². The molecule has 1 heterocycles. The minimum absolute atomic E-state index is 0.0563. The van der Waals surface area contributed by atoms with Gasteiger partial charge in [-0.2, -0.15) is 16.9 Å². The summed E-state index contributed by atoms with van der Waals surface area (Å²) >= 11 is 4.43. The molecule has 0 aromatic heterocycles. The molecule has 0 radical (unpaired) electrons. The van der Waals surface area contributed by atoms with Crippen molar-refractivity contribution in [2.45, 2.75) is 22.6 Å². The van der Waals surface area contributed by atoms with Crippen LogP contribution in [0, 0.1) is 0 Å². The molecule has 1 aliphatic rings. The fourth-order valence-electron chi connectivity index (χ4n) is 4.25. The van der Waals surface area contributed by atoms with E-state index in [0.717, 1.165) is 20.0 Å². The van der Waals surface area contributed by atoms with Crippen LogP contribution < -0.4 is 5.32 Å². The van der Waals surface area contributed by atoms with Gasteiger partial charge < -0.3 is 15.3 Å². The molecular formula is C25H25N3O6S2. The lowest BCUT2D eigenvalue weighted by Crippen LogP contribution is -2.48. The number of carbonyl (C=O) groups is 3. The van der Waals surface area contributed by atoms with Crippen molar-refractivity contribution < 1.29 is 27.9 Å². The molecule has 3 aromatic carbocycles. The van der Waals surface area contributed by atoms with Crippen molar-refractivity contribution in [1.29, 1.82) is 0 Å². The van der Waals surface area contributed by atoms with Gasteiger partial charge in [-0.05, 0) is 41.5 Å². The highest BCUT2D eigenvalue weighted by Crippen LogP contribution is 2.31. The Morgan fingerprint density at radius 2 is 1.72 bits per heavy atom. The number of nitrogens with one attached hydrogen (secondary N) is 1. The largest absolute Gasteiger partial charge is 0.478 e. The molecule has 1 saturated heterocycles. The molecule has 0 unspecified atom stereocenters. The second-order valence-electron chi connectivity index (χ2n) is 8.58. The highest BCUT2D eigenvalue weighted by molar-refractivity contribution is 7.89. The van der Waals surface area contributed by atoms with Gasteiger partial charge in [0.25, 0.3) is 0 Å². The maximum absolute atomic E-state index is 13.5. The number of para-hydroxylation sites is 1. The van der Waals surface area contributed by atoms with Crippen LogP contribution in [0.5, 0.6) is 0 Å². The summed E-state index contributed by atoms with van der Waals surface area (Å²) in [5.74, 6) is -2.35. The molecular weight excluding hydrogens is 502 g/mol. The smallest absolute Gasteiger partial charge is 0.337 e. The molecule has 2 amide bonds. The zero-order valence-electron chi connectivity index (χ0n) is 19.4. The zero-order chi connectivity index (χ0) is 26.0. The summed E-state index contributed by atoms with van der Waals surface area (Å²) in [5.41, 5.74) is 0.0221. The second kappa shape index (κ2) is 10.3. The zero-order valence-corrected chi connectivity index (χ0v) is 21.1. The summed E-state index contributed by atoms with van der Waals surface area (Å²) in [7, 11) is -2.61. The van der Waals surface area contributed by atoms with Crippen LogP contribution in [0.2, 0.25) is 0 Å². The predicted molar refractivity (Wildman–Crippen MR) is 139 cm³/mol. The minimum Gasteiger partial charge on any atom is -0.478 e. The second-order valence-corrected chi connectivity index (χ2v) is 11.2. The number of hydrogen-bond donors (Lipinski definition) is 3. The Bertz CT molecular complexity index is 1440. The number of likely N-dealkylation sites (N-methyl/N-ethyl adjacent to an activating group) is 1. The number of benzene rings is 3. The Balaban J connectivity index is 1.51. The molecule has 1 aliphatic heterocycles. The Morgan fingerprint density at radius 1 is 1.06 bits per heavy atom. The molecule has 36 heavy (non-hydrogen) atoms. The molecule has 11 heteroatoms. The van der Waals surface area contributed by atoms with E-state index in [1.54, 1.807) is 18.2 Å². The van der Waals surface area contributed by atoms with Crippen LogP contribution in [0.3, 0.4) is 0 Å². The lowest BCUT2D eigenvalue weighted by atomic mass is 10.1. The van der Waals surface area contributed by atoms with Crippen molar-refractivity contribution in [1.82, 2.24) is 9.21 Å². The van der Waals surface area contributed by atoms with E-state index in [1.807, 2.05) is 24.3 Å². The Labute approximate surface area is 214 Å². The standard InChI is InChI=1S/C25H25N3O6S2/c1-27(15-23(29)26-21-9-5-4-8-20(21)25(31)32)24(30)22-13-18(35)14-28(22)36(33,34)19-11-10-16-6-2-3-7-17(16)12-19/h2-12,18,22,35H,13-15H2,1H3,(H,26,29)(H,31,32)/t18-,22+/m1/s1. The Morgan fingerprint density at radius 3 is 2.44 bits per heavy atom. The van der Waals surface area contributed by atoms with Crippen LogP contribution in [0.4, 0.5) is 5.69 Å². The van der Waals surface area contributed by atoms with Gasteiger partial charge in [0.1, 0.15) is 6.04 Å². The number of hydrogen-bond acceptors (Lipinski definition) is 6. The third-order valence-corrected chi connectivity index (χ3v) is 8.28. The molecule has 2 N–H and O–H groups in total. The highest BCUT2D eigenvalue weighted by atomic mass is 32.2. The fraction of sp³-hybridized carbons (Fsp3) is 0.240. The van der Waals surface area contributed by atoms with Gasteiger partial charge in [0, 0.05) is 18.8 Å². The van der Waals surface area contributed by atoms with E-state index < -0.39 is 33.8 Å². The highest BCUT2D eigenvalue weighted by Gasteiger charge is 2.44. The lowest BCUT2D eigenvalue weighted by molar-refractivity contribution is -0.136. The number of amides is 2. The fourth-order valence-corrected chi connectivity index (χ4v) is 6.41. The molecule has 1 fully saturated rings. The Hall–Kier alpha value is -3.41. The number of rotatable bonds is 7. The number of fused-ring (bicyclic) bond motifs is 1. The van der Waals surface area contributed by atoms with Gasteiger partial charge in [-0.3, -0.25) is 9.59 Å². The molecule has 2 atom stereocenters. The molecule has 9 nitrogen and oxygen atoms in total. The quantitative estimate of drug-likeness (QED) is 0.406. The first-order valence-electron chi connectivity index (χ1n) is 11.1. The summed E-state index contributed by atoms with van der Waals surface area (Å²) in [6.45, 7) is -0.328. The number of thiol groups is 1. The maximum atomic E-state index is 13.5. The van der Waals surface area contributed by atoms with Crippen LogP contribution in [0.15, 0.2) is 71.6 Å². The number of carboxylic acid groups (broad SMARTS) is 1. The van der Waals surface area contributed by atoms with Gasteiger partial charge in [0.15, 0.2) is 0 Å². The van der Waals surface area contributed by atoms with Crippen molar-refractivity contribution >= 4 is 56.9 Å². The summed E-state index contributed by atoms with van der Waals surface area (Å²) in [6, 6.07) is 17.1. The van der Waals surface area contributed by atoms with E-state index >= 15 is 0 Å². The first kappa shape index (κ1) is 25.7. The summed E-state index contributed by atoms with van der Waals surface area (Å²) in [4.78, 5) is 38.4. The van der Waals surface area contributed by atoms with E-state index in [1.165, 1.54) is 31.3 Å². The van der Waals surface area contributed by atoms with Crippen LogP contribution >= 0.6 is 12.6 Å². The van der Waals surface area contributed by atoms with Gasteiger partial charge in [0.2, 0.25) is 21.8 Å². The number of carbonyl (C=O) groups excluding carboxylic acids is 2. The number of sulfonamides is 1. The van der Waals surface area contributed by atoms with Crippen molar-refractivity contribution in [3.63, 3.8) is 0 Å². The van der Waals surface area contributed by atoms with E-state index in [-0.39, 0.29) is 40.9 Å². The van der Waals surface area contributed by atoms with Gasteiger partial charge in [-0.15, -0.1) is 0 Å². The average molecular weight is 528 g/mol. The number of anilines is 1.